The van der Waals surface area contributed by atoms with Crippen LogP contribution in [0, 0.1) is 0 Å². The summed E-state index contributed by atoms with van der Waals surface area (Å²) in [6.45, 7) is 3.56. The lowest BCUT2D eigenvalue weighted by Crippen LogP contribution is -2.35. The van der Waals surface area contributed by atoms with Crippen molar-refractivity contribution in [2.75, 3.05) is 7.11 Å². The van der Waals surface area contributed by atoms with Crippen molar-refractivity contribution in [3.8, 4) is 0 Å². The van der Waals surface area contributed by atoms with Crippen LogP contribution in [0.1, 0.15) is 25.7 Å². The lowest BCUT2D eigenvalue weighted by molar-refractivity contribution is -0.130. The Morgan fingerprint density at radius 2 is 2.36 bits per heavy atom. The maximum Gasteiger partial charge on any atom is 0.249 e. The smallest absolute Gasteiger partial charge is 0.249 e. The van der Waals surface area contributed by atoms with Gasteiger partial charge in [0.05, 0.1) is 6.04 Å². The highest BCUT2D eigenvalue weighted by atomic mass is 16.5. The van der Waals surface area contributed by atoms with Gasteiger partial charge in [-0.25, -0.2) is 4.98 Å². The van der Waals surface area contributed by atoms with E-state index in [-0.39, 0.29) is 11.9 Å². The standard InChI is InChI=1S/C9H15N3O2/c1-6(8-10-4-5-11-8)12-9(13)7(2)14-3/h4-7H,1-3H3,(H,10,11)(H,12,13). The minimum atomic E-state index is -0.438. The normalized spacial score (nSPS) is 14.8. The number of ether oxygens (including phenoxy) is 1. The SMILES string of the molecule is COC(C)C(=O)NC(C)c1ncc[nH]1. The Morgan fingerprint density at radius 3 is 2.86 bits per heavy atom. The summed E-state index contributed by atoms with van der Waals surface area (Å²) in [5.41, 5.74) is 0. The number of nitrogens with one attached hydrogen (secondary N) is 2. The molecule has 0 saturated carbocycles. The number of aromatic nitrogens is 2. The van der Waals surface area contributed by atoms with Crippen molar-refractivity contribution in [1.82, 2.24) is 15.3 Å². The van der Waals surface area contributed by atoms with Crippen LogP contribution in [0.25, 0.3) is 0 Å². The summed E-state index contributed by atoms with van der Waals surface area (Å²) >= 11 is 0. The van der Waals surface area contributed by atoms with Crippen molar-refractivity contribution in [3.63, 3.8) is 0 Å². The van der Waals surface area contributed by atoms with Gasteiger partial charge in [-0.3, -0.25) is 4.79 Å². The molecule has 2 atom stereocenters. The Kier molecular flexibility index (Phi) is 3.64. The first-order valence-electron chi connectivity index (χ1n) is 4.47. The Bertz CT molecular complexity index is 284. The fraction of sp³-hybridized carbons (Fsp3) is 0.556. The van der Waals surface area contributed by atoms with Gasteiger partial charge in [0.2, 0.25) is 5.91 Å². The average Bonchev–Trinajstić information content (AvgIpc) is 2.69. The predicted octanol–water partition coefficient (Wildman–Crippen LogP) is 0.622. The number of hydrogen-bond donors (Lipinski definition) is 2. The van der Waals surface area contributed by atoms with Gasteiger partial charge >= 0.3 is 0 Å². The summed E-state index contributed by atoms with van der Waals surface area (Å²) < 4.78 is 4.89. The van der Waals surface area contributed by atoms with E-state index in [2.05, 4.69) is 15.3 Å². The zero-order valence-electron chi connectivity index (χ0n) is 8.57. The lowest BCUT2D eigenvalue weighted by atomic mass is 10.3. The number of carbonyl (C=O) groups excluding carboxylic acids is 1. The number of rotatable bonds is 4. The van der Waals surface area contributed by atoms with E-state index in [1.54, 1.807) is 19.3 Å². The van der Waals surface area contributed by atoms with E-state index in [0.29, 0.717) is 0 Å². The van der Waals surface area contributed by atoms with Gasteiger partial charge in [-0.15, -0.1) is 0 Å². The molecule has 5 nitrogen and oxygen atoms in total. The van der Waals surface area contributed by atoms with Gasteiger partial charge in [0.1, 0.15) is 11.9 Å². The summed E-state index contributed by atoms with van der Waals surface area (Å²) in [6, 6.07) is -0.130. The fourth-order valence-electron chi connectivity index (χ4n) is 1.02. The first-order valence-corrected chi connectivity index (χ1v) is 4.47. The molecule has 2 N–H and O–H groups in total. The molecule has 0 aliphatic carbocycles. The minimum Gasteiger partial charge on any atom is -0.372 e. The average molecular weight is 197 g/mol. The topological polar surface area (TPSA) is 67.0 Å². The zero-order valence-corrected chi connectivity index (χ0v) is 8.57. The molecule has 1 heterocycles. The van der Waals surface area contributed by atoms with E-state index < -0.39 is 6.10 Å². The minimum absolute atomic E-state index is 0.130. The highest BCUT2D eigenvalue weighted by molar-refractivity contribution is 5.80. The number of imidazole rings is 1. The Morgan fingerprint density at radius 1 is 1.64 bits per heavy atom. The number of nitrogens with zero attached hydrogens (tertiary/aromatic N) is 1. The highest BCUT2D eigenvalue weighted by Gasteiger charge is 2.16. The molecule has 0 aromatic carbocycles. The van der Waals surface area contributed by atoms with Gasteiger partial charge in [0, 0.05) is 19.5 Å². The maximum absolute atomic E-state index is 11.4. The van der Waals surface area contributed by atoms with Crippen LogP contribution in [0.5, 0.6) is 0 Å². The molecule has 0 radical (unpaired) electrons. The molecule has 0 spiro atoms. The first-order chi connectivity index (χ1) is 6.65. The summed E-state index contributed by atoms with van der Waals surface area (Å²) in [5, 5.41) is 2.78. The number of carbonyl (C=O) groups is 1. The van der Waals surface area contributed by atoms with Crippen LogP contribution < -0.4 is 5.32 Å². The molecule has 5 heteroatoms. The molecular formula is C9H15N3O2. The Hall–Kier alpha value is -1.36. The summed E-state index contributed by atoms with van der Waals surface area (Å²) in [4.78, 5) is 18.4. The van der Waals surface area contributed by atoms with Gasteiger partial charge < -0.3 is 15.0 Å². The molecular weight excluding hydrogens is 182 g/mol. The summed E-state index contributed by atoms with van der Waals surface area (Å²) in [7, 11) is 1.50. The second kappa shape index (κ2) is 4.76. The van der Waals surface area contributed by atoms with E-state index in [4.69, 9.17) is 4.74 Å². The van der Waals surface area contributed by atoms with Gasteiger partial charge in [0.15, 0.2) is 0 Å². The molecule has 0 fully saturated rings. The van der Waals surface area contributed by atoms with Crippen molar-refractivity contribution in [1.29, 1.82) is 0 Å². The quantitative estimate of drug-likeness (QED) is 0.743. The number of H-pyrrole nitrogens is 1. The second-order valence-electron chi connectivity index (χ2n) is 3.08. The molecule has 0 aliphatic heterocycles. The van der Waals surface area contributed by atoms with Crippen LogP contribution in [-0.4, -0.2) is 29.1 Å². The molecule has 1 rings (SSSR count). The number of aromatic amines is 1. The summed E-state index contributed by atoms with van der Waals surface area (Å²) in [5.74, 6) is 0.595. The van der Waals surface area contributed by atoms with E-state index in [9.17, 15) is 4.79 Å². The van der Waals surface area contributed by atoms with Crippen molar-refractivity contribution in [2.45, 2.75) is 26.0 Å². The maximum atomic E-state index is 11.4. The van der Waals surface area contributed by atoms with Crippen LogP contribution in [0.4, 0.5) is 0 Å². The van der Waals surface area contributed by atoms with Gasteiger partial charge in [-0.05, 0) is 13.8 Å². The van der Waals surface area contributed by atoms with Crippen LogP contribution in [0.15, 0.2) is 12.4 Å². The largest absolute Gasteiger partial charge is 0.372 e. The molecule has 1 aromatic rings. The van der Waals surface area contributed by atoms with Gasteiger partial charge in [-0.1, -0.05) is 0 Å². The van der Waals surface area contributed by atoms with Crippen LogP contribution >= 0.6 is 0 Å². The van der Waals surface area contributed by atoms with Gasteiger partial charge in [-0.2, -0.15) is 0 Å². The number of amides is 1. The highest BCUT2D eigenvalue weighted by Crippen LogP contribution is 2.05. The lowest BCUT2D eigenvalue weighted by Gasteiger charge is -2.14. The Labute approximate surface area is 82.9 Å². The molecule has 1 amide bonds. The monoisotopic (exact) mass is 197 g/mol. The van der Waals surface area contributed by atoms with Gasteiger partial charge in [0.25, 0.3) is 0 Å². The van der Waals surface area contributed by atoms with Crippen LogP contribution in [0.2, 0.25) is 0 Å². The third kappa shape index (κ3) is 2.56. The predicted molar refractivity (Wildman–Crippen MR) is 51.6 cm³/mol. The molecule has 14 heavy (non-hydrogen) atoms. The number of hydrogen-bond acceptors (Lipinski definition) is 3. The van der Waals surface area contributed by atoms with E-state index >= 15 is 0 Å². The van der Waals surface area contributed by atoms with Crippen LogP contribution in [0.3, 0.4) is 0 Å². The van der Waals surface area contributed by atoms with Crippen molar-refractivity contribution >= 4 is 5.91 Å². The molecule has 0 saturated heterocycles. The van der Waals surface area contributed by atoms with E-state index in [1.807, 2.05) is 6.92 Å². The third-order valence-electron chi connectivity index (χ3n) is 2.01. The second-order valence-corrected chi connectivity index (χ2v) is 3.08. The molecule has 0 bridgehead atoms. The third-order valence-corrected chi connectivity index (χ3v) is 2.01. The zero-order chi connectivity index (χ0) is 10.6. The first kappa shape index (κ1) is 10.7. The van der Waals surface area contributed by atoms with E-state index in [1.165, 1.54) is 7.11 Å². The number of methoxy groups -OCH3 is 1. The van der Waals surface area contributed by atoms with Crippen molar-refractivity contribution < 1.29 is 9.53 Å². The molecule has 2 unspecified atom stereocenters. The Balaban J connectivity index is 2.49. The summed E-state index contributed by atoms with van der Waals surface area (Å²) in [6.07, 6.45) is 2.93. The molecule has 1 aromatic heterocycles. The van der Waals surface area contributed by atoms with Crippen LogP contribution in [-0.2, 0) is 9.53 Å². The van der Waals surface area contributed by atoms with E-state index in [0.717, 1.165) is 5.82 Å². The molecule has 0 aliphatic rings. The fourth-order valence-corrected chi connectivity index (χ4v) is 1.02. The van der Waals surface area contributed by atoms with Crippen molar-refractivity contribution in [3.05, 3.63) is 18.2 Å². The van der Waals surface area contributed by atoms with Crippen molar-refractivity contribution in [2.24, 2.45) is 0 Å². The molecule has 78 valence electrons.